The van der Waals surface area contributed by atoms with E-state index in [1.807, 2.05) is 16.8 Å². The maximum Gasteiger partial charge on any atom is 0.339 e. The highest BCUT2D eigenvalue weighted by Gasteiger charge is 2.18. The molecule has 2 rings (SSSR count). The SMILES string of the molecule is CN(Cc1ccsc1)C(=O)Cc1occc1C(=O)O. The van der Waals surface area contributed by atoms with Crippen LogP contribution < -0.4 is 0 Å². The molecule has 0 atom stereocenters. The molecule has 0 aromatic carbocycles. The Morgan fingerprint density at radius 3 is 2.84 bits per heavy atom. The normalized spacial score (nSPS) is 10.4. The van der Waals surface area contributed by atoms with Crippen LogP contribution in [0.3, 0.4) is 0 Å². The molecule has 2 aromatic rings. The third kappa shape index (κ3) is 3.23. The largest absolute Gasteiger partial charge is 0.478 e. The lowest BCUT2D eigenvalue weighted by molar-refractivity contribution is -0.129. The van der Waals surface area contributed by atoms with Crippen LogP contribution in [0.15, 0.2) is 33.6 Å². The van der Waals surface area contributed by atoms with Crippen molar-refractivity contribution in [2.45, 2.75) is 13.0 Å². The predicted molar refractivity (Wildman–Crippen MR) is 70.2 cm³/mol. The zero-order chi connectivity index (χ0) is 13.8. The van der Waals surface area contributed by atoms with E-state index in [1.54, 1.807) is 23.3 Å². The van der Waals surface area contributed by atoms with Gasteiger partial charge in [0.15, 0.2) is 0 Å². The minimum atomic E-state index is -1.09. The first kappa shape index (κ1) is 13.4. The third-order valence-corrected chi connectivity index (χ3v) is 3.45. The first-order valence-electron chi connectivity index (χ1n) is 5.62. The smallest absolute Gasteiger partial charge is 0.339 e. The zero-order valence-corrected chi connectivity index (χ0v) is 11.1. The molecule has 0 saturated carbocycles. The zero-order valence-electron chi connectivity index (χ0n) is 10.3. The van der Waals surface area contributed by atoms with Gasteiger partial charge in [-0.15, -0.1) is 0 Å². The average Bonchev–Trinajstić information content (AvgIpc) is 2.99. The molecule has 100 valence electrons. The third-order valence-electron chi connectivity index (χ3n) is 2.71. The Labute approximate surface area is 114 Å². The van der Waals surface area contributed by atoms with E-state index in [-0.39, 0.29) is 23.7 Å². The van der Waals surface area contributed by atoms with Gasteiger partial charge in [0.25, 0.3) is 0 Å². The van der Waals surface area contributed by atoms with Gasteiger partial charge in [-0.05, 0) is 28.5 Å². The highest BCUT2D eigenvalue weighted by molar-refractivity contribution is 7.07. The van der Waals surface area contributed by atoms with Crippen LogP contribution in [0.2, 0.25) is 0 Å². The number of carbonyl (C=O) groups is 2. The summed E-state index contributed by atoms with van der Waals surface area (Å²) in [4.78, 5) is 24.4. The minimum Gasteiger partial charge on any atom is -0.478 e. The fourth-order valence-electron chi connectivity index (χ4n) is 1.69. The molecule has 0 unspecified atom stereocenters. The van der Waals surface area contributed by atoms with Crippen LogP contribution in [0.5, 0.6) is 0 Å². The Balaban J connectivity index is 2.00. The van der Waals surface area contributed by atoms with E-state index in [1.165, 1.54) is 12.3 Å². The molecule has 0 spiro atoms. The van der Waals surface area contributed by atoms with E-state index in [0.717, 1.165) is 5.56 Å². The summed E-state index contributed by atoms with van der Waals surface area (Å²) in [5, 5.41) is 12.8. The fourth-order valence-corrected chi connectivity index (χ4v) is 2.34. The molecule has 19 heavy (non-hydrogen) atoms. The second-order valence-corrected chi connectivity index (χ2v) is 4.90. The Kier molecular flexibility index (Phi) is 4.01. The van der Waals surface area contributed by atoms with Gasteiger partial charge >= 0.3 is 5.97 Å². The van der Waals surface area contributed by atoms with Crippen LogP contribution in [-0.4, -0.2) is 28.9 Å². The van der Waals surface area contributed by atoms with Crippen molar-refractivity contribution in [1.29, 1.82) is 0 Å². The van der Waals surface area contributed by atoms with E-state index in [0.29, 0.717) is 6.54 Å². The topological polar surface area (TPSA) is 70.8 Å². The molecule has 2 aromatic heterocycles. The molecular weight excluding hydrogens is 266 g/mol. The summed E-state index contributed by atoms with van der Waals surface area (Å²) in [6, 6.07) is 3.30. The number of furan rings is 1. The van der Waals surface area contributed by atoms with E-state index < -0.39 is 5.97 Å². The molecule has 0 bridgehead atoms. The summed E-state index contributed by atoms with van der Waals surface area (Å²) in [5.74, 6) is -1.07. The van der Waals surface area contributed by atoms with E-state index in [4.69, 9.17) is 9.52 Å². The highest BCUT2D eigenvalue weighted by Crippen LogP contribution is 2.14. The van der Waals surface area contributed by atoms with Crippen molar-refractivity contribution in [2.24, 2.45) is 0 Å². The van der Waals surface area contributed by atoms with Crippen molar-refractivity contribution in [3.8, 4) is 0 Å². The van der Waals surface area contributed by atoms with Crippen molar-refractivity contribution in [3.05, 3.63) is 46.0 Å². The summed E-state index contributed by atoms with van der Waals surface area (Å²) >= 11 is 1.57. The summed E-state index contributed by atoms with van der Waals surface area (Å²) in [5.41, 5.74) is 1.09. The lowest BCUT2D eigenvalue weighted by atomic mass is 10.2. The van der Waals surface area contributed by atoms with Crippen molar-refractivity contribution in [3.63, 3.8) is 0 Å². The van der Waals surface area contributed by atoms with Crippen molar-refractivity contribution in [1.82, 2.24) is 4.90 Å². The van der Waals surface area contributed by atoms with Crippen LogP contribution in [0.25, 0.3) is 0 Å². The molecule has 0 aliphatic carbocycles. The second-order valence-electron chi connectivity index (χ2n) is 4.12. The van der Waals surface area contributed by atoms with Gasteiger partial charge in [0.05, 0.1) is 12.7 Å². The van der Waals surface area contributed by atoms with Gasteiger partial charge in [-0.25, -0.2) is 4.79 Å². The van der Waals surface area contributed by atoms with Gasteiger partial charge < -0.3 is 14.4 Å². The summed E-state index contributed by atoms with van der Waals surface area (Å²) in [6.45, 7) is 0.505. The molecule has 6 heteroatoms. The number of carboxylic acid groups (broad SMARTS) is 1. The van der Waals surface area contributed by atoms with Gasteiger partial charge in [0, 0.05) is 13.6 Å². The number of nitrogens with zero attached hydrogens (tertiary/aromatic N) is 1. The molecule has 0 fully saturated rings. The molecule has 0 radical (unpaired) electrons. The van der Waals surface area contributed by atoms with Crippen LogP contribution >= 0.6 is 11.3 Å². The minimum absolute atomic E-state index is 0.0392. The molecular formula is C13H13NO4S. The number of thiophene rings is 1. The summed E-state index contributed by atoms with van der Waals surface area (Å²) < 4.78 is 5.06. The number of rotatable bonds is 5. The number of carboxylic acids is 1. The molecule has 1 N–H and O–H groups in total. The Hall–Kier alpha value is -2.08. The van der Waals surface area contributed by atoms with Gasteiger partial charge in [0.2, 0.25) is 5.91 Å². The van der Waals surface area contributed by atoms with Crippen LogP contribution in [-0.2, 0) is 17.8 Å². The molecule has 2 heterocycles. The first-order valence-corrected chi connectivity index (χ1v) is 6.57. The number of likely N-dealkylation sites (N-methyl/N-ethyl adjacent to an activating group) is 1. The highest BCUT2D eigenvalue weighted by atomic mass is 32.1. The lowest BCUT2D eigenvalue weighted by Gasteiger charge is -2.15. The van der Waals surface area contributed by atoms with Gasteiger partial charge in [-0.3, -0.25) is 4.79 Å². The number of carbonyl (C=O) groups excluding carboxylic acids is 1. The number of aromatic carboxylic acids is 1. The number of hydrogen-bond donors (Lipinski definition) is 1. The van der Waals surface area contributed by atoms with Crippen molar-refractivity contribution < 1.29 is 19.1 Å². The van der Waals surface area contributed by atoms with Crippen LogP contribution in [0.1, 0.15) is 21.7 Å². The fraction of sp³-hybridized carbons (Fsp3) is 0.231. The Bertz CT molecular complexity index is 573. The predicted octanol–water partition coefficient (Wildman–Crippen LogP) is 2.24. The van der Waals surface area contributed by atoms with Gasteiger partial charge in [-0.1, -0.05) is 0 Å². The molecule has 1 amide bonds. The maximum absolute atomic E-state index is 12.0. The Morgan fingerprint density at radius 1 is 1.42 bits per heavy atom. The van der Waals surface area contributed by atoms with Crippen molar-refractivity contribution in [2.75, 3.05) is 7.05 Å². The standard InChI is InChI=1S/C13H13NO4S/c1-14(7-9-3-5-19-8-9)12(15)6-11-10(13(16)17)2-4-18-11/h2-5,8H,6-7H2,1H3,(H,16,17). The summed E-state index contributed by atoms with van der Waals surface area (Å²) in [7, 11) is 1.68. The average molecular weight is 279 g/mol. The first-order chi connectivity index (χ1) is 9.08. The monoisotopic (exact) mass is 279 g/mol. The maximum atomic E-state index is 12.0. The molecule has 0 aliphatic rings. The van der Waals surface area contributed by atoms with E-state index in [2.05, 4.69) is 0 Å². The Morgan fingerprint density at radius 2 is 2.21 bits per heavy atom. The van der Waals surface area contributed by atoms with Crippen molar-refractivity contribution >= 4 is 23.2 Å². The second kappa shape index (κ2) is 5.71. The van der Waals surface area contributed by atoms with Gasteiger partial charge in [-0.2, -0.15) is 11.3 Å². The lowest BCUT2D eigenvalue weighted by Crippen LogP contribution is -2.27. The van der Waals surface area contributed by atoms with E-state index in [9.17, 15) is 9.59 Å². The summed E-state index contributed by atoms with van der Waals surface area (Å²) in [6.07, 6.45) is 1.24. The number of amides is 1. The number of hydrogen-bond acceptors (Lipinski definition) is 4. The molecule has 5 nitrogen and oxygen atoms in total. The van der Waals surface area contributed by atoms with E-state index >= 15 is 0 Å². The van der Waals surface area contributed by atoms with Crippen LogP contribution in [0.4, 0.5) is 0 Å². The molecule has 0 saturated heterocycles. The van der Waals surface area contributed by atoms with Gasteiger partial charge in [0.1, 0.15) is 11.3 Å². The quantitative estimate of drug-likeness (QED) is 0.911. The van der Waals surface area contributed by atoms with Crippen LogP contribution in [0, 0.1) is 0 Å². The molecule has 0 aliphatic heterocycles.